The number of hydrogen-bond donors (Lipinski definition) is 1. The first-order valence-electron chi connectivity index (χ1n) is 6.98. The number of likely N-dealkylation sites (N-methyl/N-ethyl adjacent to an activating group) is 1. The molecule has 1 rings (SSSR count). The maximum atomic E-state index is 12.0. The summed E-state index contributed by atoms with van der Waals surface area (Å²) in [6.07, 6.45) is 1.62. The highest BCUT2D eigenvalue weighted by Gasteiger charge is 2.21. The first-order chi connectivity index (χ1) is 9.43. The Bertz CT molecular complexity index is 426. The minimum atomic E-state index is -0.412. The molecule has 1 aromatic rings. The van der Waals surface area contributed by atoms with Crippen LogP contribution in [0.1, 0.15) is 33.5 Å². The van der Waals surface area contributed by atoms with Crippen LogP contribution in [0.5, 0.6) is 0 Å². The first kappa shape index (κ1) is 16.4. The third-order valence-corrected chi connectivity index (χ3v) is 3.20. The molecule has 0 aliphatic heterocycles. The molecule has 5 heteroatoms. The van der Waals surface area contributed by atoms with Gasteiger partial charge in [-0.2, -0.15) is 0 Å². The molecule has 0 aliphatic rings. The number of carbonyl (C=O) groups is 2. The molecular formula is C15H24N2O3. The SMILES string of the molecule is CCN(CC(=O)NC(C(C)=O)C(C)C)Cc1ccco1. The third-order valence-electron chi connectivity index (χ3n) is 3.20. The molecule has 112 valence electrons. The molecule has 0 aliphatic carbocycles. The van der Waals surface area contributed by atoms with E-state index in [2.05, 4.69) is 5.32 Å². The smallest absolute Gasteiger partial charge is 0.234 e. The van der Waals surface area contributed by atoms with Gasteiger partial charge in [-0.25, -0.2) is 0 Å². The topological polar surface area (TPSA) is 62.6 Å². The van der Waals surface area contributed by atoms with Gasteiger partial charge in [0.1, 0.15) is 5.76 Å². The molecule has 1 unspecified atom stereocenters. The Hall–Kier alpha value is -1.62. The van der Waals surface area contributed by atoms with Crippen molar-refractivity contribution in [3.63, 3.8) is 0 Å². The Morgan fingerprint density at radius 3 is 2.55 bits per heavy atom. The van der Waals surface area contributed by atoms with E-state index < -0.39 is 6.04 Å². The fourth-order valence-corrected chi connectivity index (χ4v) is 2.06. The van der Waals surface area contributed by atoms with Crippen molar-refractivity contribution in [1.82, 2.24) is 10.2 Å². The lowest BCUT2D eigenvalue weighted by Gasteiger charge is -2.23. The van der Waals surface area contributed by atoms with Crippen LogP contribution in [0, 0.1) is 5.92 Å². The zero-order chi connectivity index (χ0) is 15.1. The van der Waals surface area contributed by atoms with E-state index in [1.54, 1.807) is 6.26 Å². The molecule has 0 saturated heterocycles. The van der Waals surface area contributed by atoms with Crippen LogP contribution in [-0.2, 0) is 16.1 Å². The summed E-state index contributed by atoms with van der Waals surface area (Å²) < 4.78 is 5.28. The van der Waals surface area contributed by atoms with E-state index >= 15 is 0 Å². The van der Waals surface area contributed by atoms with Gasteiger partial charge < -0.3 is 9.73 Å². The van der Waals surface area contributed by atoms with Crippen LogP contribution >= 0.6 is 0 Å². The zero-order valence-electron chi connectivity index (χ0n) is 12.7. The lowest BCUT2D eigenvalue weighted by Crippen LogP contribution is -2.47. The van der Waals surface area contributed by atoms with E-state index in [-0.39, 0.29) is 24.2 Å². The fraction of sp³-hybridized carbons (Fsp3) is 0.600. The van der Waals surface area contributed by atoms with Crippen molar-refractivity contribution >= 4 is 11.7 Å². The molecule has 5 nitrogen and oxygen atoms in total. The normalized spacial score (nSPS) is 12.7. The third kappa shape index (κ3) is 5.17. The maximum absolute atomic E-state index is 12.0. The molecule has 1 aromatic heterocycles. The second kappa shape index (κ2) is 7.85. The molecule has 1 atom stereocenters. The Balaban J connectivity index is 2.52. The summed E-state index contributed by atoms with van der Waals surface area (Å²) in [7, 11) is 0. The number of furan rings is 1. The van der Waals surface area contributed by atoms with E-state index in [1.807, 2.05) is 37.8 Å². The van der Waals surface area contributed by atoms with Gasteiger partial charge in [-0.15, -0.1) is 0 Å². The highest BCUT2D eigenvalue weighted by atomic mass is 16.3. The van der Waals surface area contributed by atoms with Gasteiger partial charge in [0.25, 0.3) is 0 Å². The van der Waals surface area contributed by atoms with Crippen LogP contribution in [0.4, 0.5) is 0 Å². The van der Waals surface area contributed by atoms with Crippen molar-refractivity contribution in [1.29, 1.82) is 0 Å². The minimum Gasteiger partial charge on any atom is -0.468 e. The molecule has 0 bridgehead atoms. The van der Waals surface area contributed by atoms with Gasteiger partial charge in [0.2, 0.25) is 5.91 Å². The minimum absolute atomic E-state index is 0.0116. The predicted octanol–water partition coefficient (Wildman–Crippen LogP) is 1.83. The van der Waals surface area contributed by atoms with Crippen LogP contribution in [0.25, 0.3) is 0 Å². The molecular weight excluding hydrogens is 256 g/mol. The summed E-state index contributed by atoms with van der Waals surface area (Å²) in [4.78, 5) is 25.5. The van der Waals surface area contributed by atoms with Crippen LogP contribution in [0.15, 0.2) is 22.8 Å². The lowest BCUT2D eigenvalue weighted by molar-refractivity contribution is -0.128. The molecule has 0 spiro atoms. The Labute approximate surface area is 120 Å². The molecule has 0 aromatic carbocycles. The molecule has 0 saturated carbocycles. The van der Waals surface area contributed by atoms with Crippen LogP contribution in [-0.4, -0.2) is 35.7 Å². The number of rotatable bonds is 8. The Kier molecular flexibility index (Phi) is 6.45. The largest absolute Gasteiger partial charge is 0.468 e. The van der Waals surface area contributed by atoms with E-state index in [4.69, 9.17) is 4.42 Å². The predicted molar refractivity (Wildman–Crippen MR) is 77.1 cm³/mol. The lowest BCUT2D eigenvalue weighted by atomic mass is 10.0. The monoisotopic (exact) mass is 280 g/mol. The van der Waals surface area contributed by atoms with Gasteiger partial charge in [0.15, 0.2) is 5.78 Å². The molecule has 1 amide bonds. The van der Waals surface area contributed by atoms with Gasteiger partial charge >= 0.3 is 0 Å². The van der Waals surface area contributed by atoms with Gasteiger partial charge in [0.05, 0.1) is 25.4 Å². The van der Waals surface area contributed by atoms with Crippen LogP contribution in [0.2, 0.25) is 0 Å². The average molecular weight is 280 g/mol. The standard InChI is InChI=1S/C15H24N2O3/c1-5-17(9-13-7-6-8-20-13)10-14(19)16-15(11(2)3)12(4)18/h6-8,11,15H,5,9-10H2,1-4H3,(H,16,19). The Morgan fingerprint density at radius 1 is 1.40 bits per heavy atom. The first-order valence-corrected chi connectivity index (χ1v) is 6.98. The van der Waals surface area contributed by atoms with Gasteiger partial charge in [-0.1, -0.05) is 20.8 Å². The van der Waals surface area contributed by atoms with Crippen molar-refractivity contribution in [3.05, 3.63) is 24.2 Å². The quantitative estimate of drug-likeness (QED) is 0.789. The van der Waals surface area contributed by atoms with Crippen LogP contribution in [0.3, 0.4) is 0 Å². The number of carbonyl (C=O) groups excluding carboxylic acids is 2. The number of amides is 1. The molecule has 1 heterocycles. The second-order valence-corrected chi connectivity index (χ2v) is 5.28. The summed E-state index contributed by atoms with van der Waals surface area (Å²) in [5, 5.41) is 2.80. The summed E-state index contributed by atoms with van der Waals surface area (Å²) in [6, 6.07) is 3.30. The maximum Gasteiger partial charge on any atom is 0.234 e. The fourth-order valence-electron chi connectivity index (χ4n) is 2.06. The second-order valence-electron chi connectivity index (χ2n) is 5.28. The molecule has 1 N–H and O–H groups in total. The number of nitrogens with one attached hydrogen (secondary N) is 1. The van der Waals surface area contributed by atoms with Crippen molar-refractivity contribution < 1.29 is 14.0 Å². The van der Waals surface area contributed by atoms with Gasteiger partial charge in [-0.05, 0) is 31.5 Å². The van der Waals surface area contributed by atoms with Crippen molar-refractivity contribution in [2.45, 2.75) is 40.3 Å². The van der Waals surface area contributed by atoms with E-state index in [0.717, 1.165) is 12.3 Å². The van der Waals surface area contributed by atoms with Crippen molar-refractivity contribution in [2.24, 2.45) is 5.92 Å². The highest BCUT2D eigenvalue weighted by molar-refractivity contribution is 5.88. The summed E-state index contributed by atoms with van der Waals surface area (Å²) in [6.45, 7) is 8.92. The number of hydrogen-bond acceptors (Lipinski definition) is 4. The van der Waals surface area contributed by atoms with E-state index in [1.165, 1.54) is 6.92 Å². The molecule has 0 fully saturated rings. The number of nitrogens with zero attached hydrogens (tertiary/aromatic N) is 1. The summed E-state index contributed by atoms with van der Waals surface area (Å²) in [5.74, 6) is 0.776. The summed E-state index contributed by atoms with van der Waals surface area (Å²) in [5.41, 5.74) is 0. The number of Topliss-reactive ketones (excluding diaryl/α,β-unsaturated/α-hetero) is 1. The molecule has 20 heavy (non-hydrogen) atoms. The van der Waals surface area contributed by atoms with E-state index in [0.29, 0.717) is 6.54 Å². The zero-order valence-corrected chi connectivity index (χ0v) is 12.7. The molecule has 0 radical (unpaired) electrons. The highest BCUT2D eigenvalue weighted by Crippen LogP contribution is 2.06. The van der Waals surface area contributed by atoms with Crippen molar-refractivity contribution in [2.75, 3.05) is 13.1 Å². The average Bonchev–Trinajstić information content (AvgIpc) is 2.87. The van der Waals surface area contributed by atoms with Crippen LogP contribution < -0.4 is 5.32 Å². The van der Waals surface area contributed by atoms with E-state index in [9.17, 15) is 9.59 Å². The summed E-state index contributed by atoms with van der Waals surface area (Å²) >= 11 is 0. The number of ketones is 1. The van der Waals surface area contributed by atoms with Gasteiger partial charge in [-0.3, -0.25) is 14.5 Å². The Morgan fingerprint density at radius 2 is 2.10 bits per heavy atom. The van der Waals surface area contributed by atoms with Crippen molar-refractivity contribution in [3.8, 4) is 0 Å². The van der Waals surface area contributed by atoms with Gasteiger partial charge in [0, 0.05) is 0 Å².